The molecule has 2 aromatic rings. The molecule has 0 unspecified atom stereocenters. The molecule has 138 valence electrons. The van der Waals surface area contributed by atoms with Gasteiger partial charge in [-0.3, -0.25) is 0 Å². The largest absolute Gasteiger partial charge is 0.673 e. The Balaban J connectivity index is 0.000000431. The first kappa shape index (κ1) is 19.8. The van der Waals surface area contributed by atoms with Crippen LogP contribution in [0, 0.1) is 5.21 Å². The molecule has 2 aromatic carbocycles. The van der Waals surface area contributed by atoms with Crippen molar-refractivity contribution in [1.82, 2.24) is 5.32 Å². The van der Waals surface area contributed by atoms with Gasteiger partial charge < -0.3 is 27.8 Å². The number of hydroxylamine groups is 1. The molecular weight excluding hydrogens is 372 g/mol. The van der Waals surface area contributed by atoms with Crippen LogP contribution in [0.15, 0.2) is 53.5 Å². The van der Waals surface area contributed by atoms with Gasteiger partial charge in [0.1, 0.15) is 0 Å². The minimum absolute atomic E-state index is 0.174. The summed E-state index contributed by atoms with van der Waals surface area (Å²) >= 11 is 6.10. The summed E-state index contributed by atoms with van der Waals surface area (Å²) in [5, 5.41) is 16.1. The van der Waals surface area contributed by atoms with Crippen molar-refractivity contribution in [3.63, 3.8) is 0 Å². The standard InChI is InChI=1S/C16H14ClN3O.BF4/c1-18-15-10-20(21)16(11-5-3-2-4-6-11)13-9-12(17)7-8-14(13)19-15;2-1(3,4)5/h2-9H,10H2,1H3,(H,18,19);/q;-1. The van der Waals surface area contributed by atoms with Crippen LogP contribution in [0.2, 0.25) is 5.02 Å². The highest BCUT2D eigenvalue weighted by molar-refractivity contribution is 6.50. The van der Waals surface area contributed by atoms with Crippen LogP contribution < -0.4 is 5.32 Å². The van der Waals surface area contributed by atoms with Gasteiger partial charge in [-0.1, -0.05) is 29.8 Å². The van der Waals surface area contributed by atoms with Crippen LogP contribution in [0.1, 0.15) is 11.1 Å². The van der Waals surface area contributed by atoms with Crippen molar-refractivity contribution in [3.05, 3.63) is 69.9 Å². The summed E-state index contributed by atoms with van der Waals surface area (Å²) in [6, 6.07) is 15.0. The molecule has 0 aliphatic carbocycles. The first-order valence-corrected chi connectivity index (χ1v) is 7.86. The Bertz CT molecular complexity index is 835. The predicted molar refractivity (Wildman–Crippen MR) is 95.9 cm³/mol. The molecule has 1 aliphatic rings. The third-order valence-corrected chi connectivity index (χ3v) is 3.58. The Kier molecular flexibility index (Phi) is 6.25. The Morgan fingerprint density at radius 1 is 1.12 bits per heavy atom. The van der Waals surface area contributed by atoms with Crippen LogP contribution in [0.25, 0.3) is 0 Å². The van der Waals surface area contributed by atoms with Crippen molar-refractivity contribution < 1.29 is 22.0 Å². The number of rotatable bonds is 1. The van der Waals surface area contributed by atoms with E-state index < -0.39 is 7.25 Å². The zero-order valence-corrected chi connectivity index (χ0v) is 14.4. The fourth-order valence-corrected chi connectivity index (χ4v) is 2.53. The van der Waals surface area contributed by atoms with Gasteiger partial charge in [0.15, 0.2) is 5.84 Å². The molecule has 0 spiro atoms. The number of hydrogen-bond acceptors (Lipinski definition) is 3. The molecular formula is C16H14BClF4N3O-. The Morgan fingerprint density at radius 3 is 2.31 bits per heavy atom. The molecule has 0 aromatic heterocycles. The van der Waals surface area contributed by atoms with Gasteiger partial charge in [-0.05, 0) is 30.3 Å². The molecule has 0 saturated carbocycles. The van der Waals surface area contributed by atoms with Crippen molar-refractivity contribution in [3.8, 4) is 0 Å². The van der Waals surface area contributed by atoms with Crippen molar-refractivity contribution in [2.75, 3.05) is 13.6 Å². The van der Waals surface area contributed by atoms with Crippen LogP contribution in [0.5, 0.6) is 0 Å². The van der Waals surface area contributed by atoms with Gasteiger partial charge in [0.25, 0.3) is 0 Å². The summed E-state index contributed by atoms with van der Waals surface area (Å²) in [7, 11) is -4.24. The second-order valence-electron chi connectivity index (χ2n) is 5.22. The lowest BCUT2D eigenvalue weighted by Crippen LogP contribution is -2.29. The number of aliphatic imine (C=N–C) groups is 1. The minimum Gasteiger partial charge on any atom is -0.623 e. The molecule has 10 heteroatoms. The molecule has 1 heterocycles. The molecule has 0 radical (unpaired) electrons. The third-order valence-electron chi connectivity index (χ3n) is 3.35. The zero-order valence-electron chi connectivity index (χ0n) is 13.6. The summed E-state index contributed by atoms with van der Waals surface area (Å²) in [6.45, 7) is 0.174. The molecule has 0 fully saturated rings. The van der Waals surface area contributed by atoms with E-state index >= 15 is 0 Å². The van der Waals surface area contributed by atoms with Gasteiger partial charge in [0.2, 0.25) is 12.3 Å². The number of nitrogens with zero attached hydrogens (tertiary/aromatic N) is 2. The number of hydrogen-bond donors (Lipinski definition) is 1. The highest BCUT2D eigenvalue weighted by atomic mass is 35.5. The molecule has 0 atom stereocenters. The number of fused-ring (bicyclic) bond motifs is 1. The molecule has 0 amide bonds. The van der Waals surface area contributed by atoms with Crippen molar-refractivity contribution >= 4 is 36.1 Å². The number of amidine groups is 1. The van der Waals surface area contributed by atoms with Crippen molar-refractivity contribution in [1.29, 1.82) is 0 Å². The topological polar surface area (TPSA) is 50.5 Å². The number of halogens is 5. The molecule has 26 heavy (non-hydrogen) atoms. The zero-order chi connectivity index (χ0) is 19.3. The average molecular weight is 387 g/mol. The lowest BCUT2D eigenvalue weighted by atomic mass is 10.0. The molecule has 3 rings (SSSR count). The van der Waals surface area contributed by atoms with Gasteiger partial charge in [0, 0.05) is 17.6 Å². The number of likely N-dealkylation sites (N-methyl/N-ethyl adjacent to an activating group) is 1. The Labute approximate surface area is 152 Å². The average Bonchev–Trinajstić information content (AvgIpc) is 2.69. The molecule has 4 nitrogen and oxygen atoms in total. The lowest BCUT2D eigenvalue weighted by Gasteiger charge is -2.10. The monoisotopic (exact) mass is 386 g/mol. The Morgan fingerprint density at radius 2 is 1.73 bits per heavy atom. The summed E-state index contributed by atoms with van der Waals surface area (Å²) in [4.78, 5) is 4.51. The van der Waals surface area contributed by atoms with Crippen LogP contribution in [-0.4, -0.2) is 37.1 Å². The summed E-state index contributed by atoms with van der Waals surface area (Å²) in [5.41, 5.74) is 2.92. The highest BCUT2D eigenvalue weighted by Gasteiger charge is 2.24. The van der Waals surface area contributed by atoms with Gasteiger partial charge in [-0.25, -0.2) is 4.99 Å². The van der Waals surface area contributed by atoms with Crippen LogP contribution in [0.4, 0.5) is 23.0 Å². The van der Waals surface area contributed by atoms with Gasteiger partial charge in [-0.2, -0.15) is 4.74 Å². The quantitative estimate of drug-likeness (QED) is 0.345. The first-order chi connectivity index (χ1) is 12.2. The number of nitrogens with one attached hydrogen (secondary N) is 1. The summed E-state index contributed by atoms with van der Waals surface area (Å²) < 4.78 is 40.0. The van der Waals surface area contributed by atoms with E-state index in [0.29, 0.717) is 16.6 Å². The van der Waals surface area contributed by atoms with Crippen molar-refractivity contribution in [2.24, 2.45) is 4.99 Å². The van der Waals surface area contributed by atoms with Gasteiger partial charge in [-0.15, -0.1) is 0 Å². The fraction of sp³-hybridized carbons (Fsp3) is 0.125. The summed E-state index contributed by atoms with van der Waals surface area (Å²) in [6.07, 6.45) is 0. The van der Waals surface area contributed by atoms with Crippen LogP contribution in [0.3, 0.4) is 0 Å². The maximum absolute atomic E-state index is 12.6. The molecule has 0 bridgehead atoms. The van der Waals surface area contributed by atoms with E-state index in [1.807, 2.05) is 36.4 Å². The molecule has 0 saturated heterocycles. The SMILES string of the molecule is CNC1=Nc2ccc(Cl)cc2C(c2ccccc2)=[N+]([O-])C1.F[B-](F)(F)F. The maximum Gasteiger partial charge on any atom is 0.673 e. The third kappa shape index (κ3) is 5.49. The van der Waals surface area contributed by atoms with E-state index in [-0.39, 0.29) is 6.54 Å². The predicted octanol–water partition coefficient (Wildman–Crippen LogP) is 4.25. The number of benzene rings is 2. The highest BCUT2D eigenvalue weighted by Crippen LogP contribution is 2.28. The summed E-state index contributed by atoms with van der Waals surface area (Å²) in [5.74, 6) is 0.625. The van der Waals surface area contributed by atoms with Crippen molar-refractivity contribution in [2.45, 2.75) is 0 Å². The minimum atomic E-state index is -6.00. The van der Waals surface area contributed by atoms with Gasteiger partial charge in [0.05, 0.1) is 11.3 Å². The second kappa shape index (κ2) is 8.22. The van der Waals surface area contributed by atoms with E-state index in [1.165, 1.54) is 0 Å². The smallest absolute Gasteiger partial charge is 0.623 e. The van der Waals surface area contributed by atoms with E-state index in [4.69, 9.17) is 11.6 Å². The van der Waals surface area contributed by atoms with Crippen LogP contribution >= 0.6 is 11.6 Å². The van der Waals surface area contributed by atoms with E-state index in [1.54, 1.807) is 19.2 Å². The van der Waals surface area contributed by atoms with E-state index in [9.17, 15) is 22.5 Å². The Hall–Kier alpha value is -2.55. The molecule has 1 N–H and O–H groups in total. The maximum atomic E-state index is 12.6. The lowest BCUT2D eigenvalue weighted by molar-refractivity contribution is -0.439. The second-order valence-corrected chi connectivity index (χ2v) is 5.65. The van der Waals surface area contributed by atoms with Gasteiger partial charge >= 0.3 is 7.25 Å². The fourth-order valence-electron chi connectivity index (χ4n) is 2.36. The van der Waals surface area contributed by atoms with Crippen LogP contribution in [-0.2, 0) is 0 Å². The van der Waals surface area contributed by atoms with E-state index in [2.05, 4.69) is 10.3 Å². The normalized spacial score (nSPS) is 13.8. The van der Waals surface area contributed by atoms with E-state index in [0.717, 1.165) is 21.6 Å². The molecule has 1 aliphatic heterocycles. The first-order valence-electron chi connectivity index (χ1n) is 7.48.